The zero-order chi connectivity index (χ0) is 7.66. The van der Waals surface area contributed by atoms with Crippen LogP contribution in [-0.4, -0.2) is 6.61 Å². The van der Waals surface area contributed by atoms with Gasteiger partial charge in [-0.3, -0.25) is 0 Å². The Labute approximate surface area is 75.9 Å². The molecule has 0 atom stereocenters. The van der Waals surface area contributed by atoms with E-state index in [1.807, 2.05) is 0 Å². The number of hydrogen-bond acceptors (Lipinski definition) is 2. The van der Waals surface area contributed by atoms with Gasteiger partial charge >= 0.3 is 0 Å². The number of halogens is 1. The van der Waals surface area contributed by atoms with Gasteiger partial charge in [0.1, 0.15) is 0 Å². The van der Waals surface area contributed by atoms with Crippen molar-refractivity contribution in [1.29, 1.82) is 0 Å². The molecule has 0 aromatic carbocycles. The van der Waals surface area contributed by atoms with Gasteiger partial charge in [-0.1, -0.05) is 39.0 Å². The van der Waals surface area contributed by atoms with Crippen LogP contribution in [0.1, 0.15) is 45.4 Å². The van der Waals surface area contributed by atoms with Gasteiger partial charge in [0.05, 0.1) is 6.61 Å². The lowest BCUT2D eigenvalue weighted by Gasteiger charge is -1.98. The quantitative estimate of drug-likeness (QED) is 0.413. The minimum atomic E-state index is 0. The molecule has 0 bridgehead atoms. The second-order valence-electron chi connectivity index (χ2n) is 2.64. The molecule has 0 amide bonds. The van der Waals surface area contributed by atoms with E-state index in [1.165, 1.54) is 32.1 Å². The van der Waals surface area contributed by atoms with Crippen LogP contribution in [0.2, 0.25) is 0 Å². The molecule has 0 aromatic heterocycles. The molecule has 0 aliphatic carbocycles. The molecule has 0 unspecified atom stereocenters. The van der Waals surface area contributed by atoms with Crippen LogP contribution < -0.4 is 18.3 Å². The first-order valence-electron chi connectivity index (χ1n) is 4.23. The molecule has 0 saturated carbocycles. The molecule has 0 rings (SSSR count). The molecule has 0 aromatic rings. The van der Waals surface area contributed by atoms with Crippen molar-refractivity contribution in [2.45, 2.75) is 45.4 Å². The van der Waals surface area contributed by atoms with Crippen LogP contribution in [0.15, 0.2) is 0 Å². The highest BCUT2D eigenvalue weighted by Gasteiger charge is 1.88. The van der Waals surface area contributed by atoms with Crippen LogP contribution in [0.3, 0.4) is 0 Å². The van der Waals surface area contributed by atoms with E-state index < -0.39 is 0 Å². The molecule has 0 spiro atoms. The first-order chi connectivity index (χ1) is 4.91. The summed E-state index contributed by atoms with van der Waals surface area (Å²) in [5, 5.41) is 0. The third-order valence-electron chi connectivity index (χ3n) is 1.62. The van der Waals surface area contributed by atoms with Gasteiger partial charge < -0.3 is 17.2 Å². The fourth-order valence-electron chi connectivity index (χ4n) is 0.966. The van der Waals surface area contributed by atoms with Crippen molar-refractivity contribution in [1.82, 2.24) is 0 Å². The number of nitrogens with two attached hydrogens (primary N) is 1. The molecule has 0 heterocycles. The minimum Gasteiger partial charge on any atom is -1.00 e. The summed E-state index contributed by atoms with van der Waals surface area (Å²) in [6.45, 7) is 2.94. The maximum absolute atomic E-state index is 4.87. The topological polar surface area (TPSA) is 35.2 Å². The third-order valence-corrected chi connectivity index (χ3v) is 1.62. The first-order valence-corrected chi connectivity index (χ1v) is 4.23. The van der Waals surface area contributed by atoms with Gasteiger partial charge in [0, 0.05) is 0 Å². The molecular formula is C8H19ClNO-. The normalized spacial score (nSPS) is 9.27. The fourth-order valence-corrected chi connectivity index (χ4v) is 0.966. The highest BCUT2D eigenvalue weighted by molar-refractivity contribution is 4.42. The van der Waals surface area contributed by atoms with Gasteiger partial charge in [-0.2, -0.15) is 0 Å². The molecule has 0 fully saturated rings. The summed E-state index contributed by atoms with van der Waals surface area (Å²) in [5.74, 6) is 4.87. The second kappa shape index (κ2) is 12.8. The predicted octanol–water partition coefficient (Wildman–Crippen LogP) is -0.759. The van der Waals surface area contributed by atoms with Crippen LogP contribution in [0.4, 0.5) is 0 Å². The molecule has 11 heavy (non-hydrogen) atoms. The van der Waals surface area contributed by atoms with Crippen molar-refractivity contribution in [2.24, 2.45) is 5.90 Å². The van der Waals surface area contributed by atoms with E-state index in [9.17, 15) is 0 Å². The van der Waals surface area contributed by atoms with E-state index in [0.29, 0.717) is 6.61 Å². The third kappa shape index (κ3) is 13.2. The number of hydrogen-bond donors (Lipinski definition) is 1. The van der Waals surface area contributed by atoms with Gasteiger partial charge in [-0.15, -0.1) is 0 Å². The maximum Gasteiger partial charge on any atom is 0.0679 e. The summed E-state index contributed by atoms with van der Waals surface area (Å²) in [7, 11) is 0. The minimum absolute atomic E-state index is 0. The van der Waals surface area contributed by atoms with E-state index in [2.05, 4.69) is 11.8 Å². The summed E-state index contributed by atoms with van der Waals surface area (Å²) in [6, 6.07) is 0. The molecular weight excluding hydrogens is 162 g/mol. The van der Waals surface area contributed by atoms with E-state index in [1.54, 1.807) is 0 Å². The molecule has 2 N–H and O–H groups in total. The van der Waals surface area contributed by atoms with Crippen LogP contribution in [0, 0.1) is 0 Å². The van der Waals surface area contributed by atoms with Crippen molar-refractivity contribution in [3.05, 3.63) is 0 Å². The molecule has 70 valence electrons. The number of rotatable bonds is 7. The van der Waals surface area contributed by atoms with Crippen molar-refractivity contribution in [3.63, 3.8) is 0 Å². The Morgan fingerprint density at radius 3 is 2.09 bits per heavy atom. The Balaban J connectivity index is 0. The summed E-state index contributed by atoms with van der Waals surface area (Å²) in [6.07, 6.45) is 7.74. The highest BCUT2D eigenvalue weighted by atomic mass is 35.5. The van der Waals surface area contributed by atoms with E-state index in [4.69, 9.17) is 5.90 Å². The lowest BCUT2D eigenvalue weighted by molar-refractivity contribution is -0.00000268. The Hall–Kier alpha value is 0.210. The smallest absolute Gasteiger partial charge is 0.0679 e. The predicted molar refractivity (Wildman–Crippen MR) is 43.5 cm³/mol. The second-order valence-corrected chi connectivity index (χ2v) is 2.64. The lowest BCUT2D eigenvalue weighted by atomic mass is 10.1. The van der Waals surface area contributed by atoms with Gasteiger partial charge in [-0.25, -0.2) is 5.90 Å². The highest BCUT2D eigenvalue weighted by Crippen LogP contribution is 2.04. The van der Waals surface area contributed by atoms with Crippen molar-refractivity contribution < 1.29 is 17.2 Å². The average molecular weight is 181 g/mol. The molecule has 0 radical (unpaired) electrons. The standard InChI is InChI=1S/C8H19NO.ClH/c1-2-3-4-5-6-7-8-10-9;/h2-9H2,1H3;1H/p-1. The van der Waals surface area contributed by atoms with Gasteiger partial charge in [0.25, 0.3) is 0 Å². The van der Waals surface area contributed by atoms with Crippen LogP contribution >= 0.6 is 0 Å². The van der Waals surface area contributed by atoms with Gasteiger partial charge in [-0.05, 0) is 6.42 Å². The molecule has 3 heteroatoms. The monoisotopic (exact) mass is 180 g/mol. The van der Waals surface area contributed by atoms with Crippen LogP contribution in [-0.2, 0) is 4.84 Å². The SMILES string of the molecule is CCCCCCCCON.[Cl-]. The summed E-state index contributed by atoms with van der Waals surface area (Å²) in [4.78, 5) is 4.45. The molecule has 2 nitrogen and oxygen atoms in total. The largest absolute Gasteiger partial charge is 1.00 e. The fraction of sp³-hybridized carbons (Fsp3) is 1.00. The zero-order valence-electron chi connectivity index (χ0n) is 7.31. The van der Waals surface area contributed by atoms with Gasteiger partial charge in [0.15, 0.2) is 0 Å². The van der Waals surface area contributed by atoms with Crippen molar-refractivity contribution in [2.75, 3.05) is 6.61 Å². The van der Waals surface area contributed by atoms with E-state index in [0.717, 1.165) is 6.42 Å². The van der Waals surface area contributed by atoms with E-state index in [-0.39, 0.29) is 12.4 Å². The summed E-state index contributed by atoms with van der Waals surface area (Å²) >= 11 is 0. The Morgan fingerprint density at radius 1 is 1.00 bits per heavy atom. The molecule has 0 aliphatic heterocycles. The first kappa shape index (κ1) is 13.8. The maximum atomic E-state index is 4.87. The Kier molecular flexibility index (Phi) is 16.1. The molecule has 0 aliphatic rings. The zero-order valence-corrected chi connectivity index (χ0v) is 8.07. The van der Waals surface area contributed by atoms with E-state index >= 15 is 0 Å². The van der Waals surface area contributed by atoms with Crippen molar-refractivity contribution >= 4 is 0 Å². The number of unbranched alkanes of at least 4 members (excludes halogenated alkanes) is 5. The van der Waals surface area contributed by atoms with Crippen LogP contribution in [0.5, 0.6) is 0 Å². The summed E-state index contributed by atoms with van der Waals surface area (Å²) < 4.78 is 0. The van der Waals surface area contributed by atoms with Gasteiger partial charge in [0.2, 0.25) is 0 Å². The lowest BCUT2D eigenvalue weighted by Crippen LogP contribution is -3.00. The Bertz CT molecular complexity index is 54.1. The summed E-state index contributed by atoms with van der Waals surface area (Å²) in [5.41, 5.74) is 0. The average Bonchev–Trinajstić information content (AvgIpc) is 1.97. The van der Waals surface area contributed by atoms with Crippen LogP contribution in [0.25, 0.3) is 0 Å². The van der Waals surface area contributed by atoms with Crippen molar-refractivity contribution in [3.8, 4) is 0 Å². The molecule has 0 saturated heterocycles. The Morgan fingerprint density at radius 2 is 1.55 bits per heavy atom.